The number of thioether (sulfide) groups is 1. The molecule has 0 unspecified atom stereocenters. The zero-order valence-corrected chi connectivity index (χ0v) is 17.2. The lowest BCUT2D eigenvalue weighted by atomic mass is 10.1. The molecule has 0 fully saturated rings. The van der Waals surface area contributed by atoms with Gasteiger partial charge in [-0.15, -0.1) is 0 Å². The fraction of sp³-hybridized carbons (Fsp3) is 0.0909. The van der Waals surface area contributed by atoms with Gasteiger partial charge >= 0.3 is 0 Å². The normalized spacial score (nSPS) is 10.9. The third kappa shape index (κ3) is 4.54. The quantitative estimate of drug-likeness (QED) is 0.336. The van der Waals surface area contributed by atoms with Gasteiger partial charge < -0.3 is 19.6 Å². The monoisotopic (exact) mass is 452 g/mol. The highest BCUT2D eigenvalue weighted by Crippen LogP contribution is 2.22. The van der Waals surface area contributed by atoms with Crippen molar-refractivity contribution in [3.8, 4) is 5.69 Å². The molecule has 0 atom stereocenters. The molecule has 32 heavy (non-hydrogen) atoms. The Hall–Kier alpha value is -3.92. The van der Waals surface area contributed by atoms with Crippen molar-refractivity contribution in [3.05, 3.63) is 88.4 Å². The Kier molecular flexibility index (Phi) is 6.04. The first-order chi connectivity index (χ1) is 15.4. The summed E-state index contributed by atoms with van der Waals surface area (Å²) in [6.07, 6.45) is 1.50. The van der Waals surface area contributed by atoms with Gasteiger partial charge in [-0.2, -0.15) is 0 Å². The van der Waals surface area contributed by atoms with Crippen molar-refractivity contribution >= 4 is 34.5 Å². The first-order valence-electron chi connectivity index (χ1n) is 9.38. The summed E-state index contributed by atoms with van der Waals surface area (Å²) in [5.74, 6) is -2.06. The van der Waals surface area contributed by atoms with Crippen molar-refractivity contribution in [1.29, 1.82) is 0 Å². The SMILES string of the molecule is O=C([O-])CSc1nc2cc(C(=O)NCc3ccco3)ccc2c(=O)n1-c1ccc(F)cc1. The predicted molar refractivity (Wildman–Crippen MR) is 113 cm³/mol. The lowest BCUT2D eigenvalue weighted by molar-refractivity contribution is -0.301. The number of hydrogen-bond acceptors (Lipinski definition) is 7. The van der Waals surface area contributed by atoms with Crippen LogP contribution in [0.2, 0.25) is 0 Å². The zero-order chi connectivity index (χ0) is 22.7. The fourth-order valence-electron chi connectivity index (χ4n) is 3.03. The molecule has 2 heterocycles. The number of amides is 1. The summed E-state index contributed by atoms with van der Waals surface area (Å²) in [6.45, 7) is 0.191. The van der Waals surface area contributed by atoms with E-state index in [2.05, 4.69) is 10.3 Å². The van der Waals surface area contributed by atoms with Crippen LogP contribution in [-0.4, -0.2) is 27.2 Å². The van der Waals surface area contributed by atoms with E-state index in [0.29, 0.717) is 11.4 Å². The zero-order valence-electron chi connectivity index (χ0n) is 16.4. The van der Waals surface area contributed by atoms with Crippen LogP contribution in [0.4, 0.5) is 4.39 Å². The lowest BCUT2D eigenvalue weighted by Crippen LogP contribution is -2.26. The minimum Gasteiger partial charge on any atom is -0.549 e. The number of furan rings is 1. The summed E-state index contributed by atoms with van der Waals surface area (Å²) in [6, 6.07) is 13.0. The Balaban J connectivity index is 1.74. The Bertz CT molecular complexity index is 1350. The number of rotatable bonds is 7. The number of benzene rings is 2. The molecule has 0 bridgehead atoms. The molecule has 4 rings (SSSR count). The van der Waals surface area contributed by atoms with E-state index in [1.165, 1.54) is 53.3 Å². The van der Waals surface area contributed by atoms with Crippen LogP contribution >= 0.6 is 11.8 Å². The van der Waals surface area contributed by atoms with Crippen molar-refractivity contribution in [2.75, 3.05) is 5.75 Å². The molecule has 0 saturated carbocycles. The summed E-state index contributed by atoms with van der Waals surface area (Å²) < 4.78 is 19.7. The van der Waals surface area contributed by atoms with Crippen LogP contribution in [0, 0.1) is 5.82 Å². The molecule has 0 aliphatic rings. The van der Waals surface area contributed by atoms with Gasteiger partial charge in [0.05, 0.1) is 35.4 Å². The van der Waals surface area contributed by atoms with Gasteiger partial charge in [0.15, 0.2) is 5.16 Å². The molecular weight excluding hydrogens is 437 g/mol. The minimum absolute atomic E-state index is 0.0754. The second kappa shape index (κ2) is 9.06. The van der Waals surface area contributed by atoms with Crippen LogP contribution in [0.3, 0.4) is 0 Å². The molecule has 0 aliphatic carbocycles. The molecule has 8 nitrogen and oxygen atoms in total. The van der Waals surface area contributed by atoms with Gasteiger partial charge in [-0.3, -0.25) is 14.2 Å². The number of aliphatic carboxylic acids is 1. The summed E-state index contributed by atoms with van der Waals surface area (Å²) >= 11 is 0.789. The maximum atomic E-state index is 13.3. The van der Waals surface area contributed by atoms with Crippen LogP contribution in [0.5, 0.6) is 0 Å². The van der Waals surface area contributed by atoms with E-state index in [1.807, 2.05) is 0 Å². The fourth-order valence-corrected chi connectivity index (χ4v) is 3.75. The van der Waals surface area contributed by atoms with Crippen molar-refractivity contribution in [2.24, 2.45) is 0 Å². The van der Waals surface area contributed by atoms with Crippen molar-refractivity contribution < 1.29 is 23.5 Å². The summed E-state index contributed by atoms with van der Waals surface area (Å²) in [7, 11) is 0. The molecule has 10 heteroatoms. The average molecular weight is 452 g/mol. The van der Waals surface area contributed by atoms with E-state index >= 15 is 0 Å². The predicted octanol–water partition coefficient (Wildman–Crippen LogP) is 1.89. The van der Waals surface area contributed by atoms with E-state index in [9.17, 15) is 23.9 Å². The van der Waals surface area contributed by atoms with Crippen molar-refractivity contribution in [3.63, 3.8) is 0 Å². The molecule has 162 valence electrons. The summed E-state index contributed by atoms with van der Waals surface area (Å²) in [4.78, 5) is 41.1. The van der Waals surface area contributed by atoms with Crippen LogP contribution in [0.15, 0.2) is 75.2 Å². The van der Waals surface area contributed by atoms with E-state index in [0.717, 1.165) is 11.8 Å². The molecule has 0 saturated heterocycles. The molecule has 1 amide bonds. The lowest BCUT2D eigenvalue weighted by Gasteiger charge is -2.14. The third-order valence-corrected chi connectivity index (χ3v) is 5.42. The first-order valence-corrected chi connectivity index (χ1v) is 10.4. The Morgan fingerprint density at radius 3 is 2.62 bits per heavy atom. The number of carbonyl (C=O) groups excluding carboxylic acids is 2. The summed E-state index contributed by atoms with van der Waals surface area (Å²) in [5, 5.41) is 14.0. The molecule has 4 aromatic rings. The first kappa shape index (κ1) is 21.3. The van der Waals surface area contributed by atoms with Gasteiger partial charge in [0.1, 0.15) is 11.6 Å². The molecule has 0 spiro atoms. The topological polar surface area (TPSA) is 117 Å². The largest absolute Gasteiger partial charge is 0.549 e. The highest BCUT2D eigenvalue weighted by Gasteiger charge is 2.16. The van der Waals surface area contributed by atoms with Gasteiger partial charge in [0.2, 0.25) is 0 Å². The highest BCUT2D eigenvalue weighted by atomic mass is 32.2. The molecule has 1 N–H and O–H groups in total. The van der Waals surface area contributed by atoms with Crippen LogP contribution in [0.1, 0.15) is 16.1 Å². The Labute approximate surface area is 184 Å². The number of carboxylic acids is 1. The van der Waals surface area contributed by atoms with E-state index in [4.69, 9.17) is 4.42 Å². The average Bonchev–Trinajstić information content (AvgIpc) is 3.30. The molecular formula is C22H15FN3O5S-. The maximum absolute atomic E-state index is 13.3. The molecule has 0 aliphatic heterocycles. The molecule has 2 aromatic heterocycles. The maximum Gasteiger partial charge on any atom is 0.266 e. The number of aromatic nitrogens is 2. The van der Waals surface area contributed by atoms with E-state index in [-0.39, 0.29) is 28.2 Å². The molecule has 0 radical (unpaired) electrons. The van der Waals surface area contributed by atoms with Crippen LogP contribution in [-0.2, 0) is 11.3 Å². The standard InChI is InChI=1S/C22H16FN3O5S/c23-14-4-6-15(7-5-14)26-21(30)17-8-3-13(20(29)24-11-16-2-1-9-31-16)10-18(17)25-22(26)32-12-19(27)28/h1-10H,11-12H2,(H,24,29)(H,27,28)/p-1. The second-order valence-electron chi connectivity index (χ2n) is 6.67. The highest BCUT2D eigenvalue weighted by molar-refractivity contribution is 7.99. The van der Waals surface area contributed by atoms with Gasteiger partial charge in [-0.1, -0.05) is 11.8 Å². The van der Waals surface area contributed by atoms with Gasteiger partial charge in [0, 0.05) is 11.3 Å². The number of hydrogen-bond donors (Lipinski definition) is 1. The minimum atomic E-state index is -1.33. The van der Waals surface area contributed by atoms with Crippen LogP contribution < -0.4 is 16.0 Å². The molecule has 2 aromatic carbocycles. The number of carbonyl (C=O) groups is 2. The number of nitrogens with zero attached hydrogens (tertiary/aromatic N) is 2. The Morgan fingerprint density at radius 2 is 1.94 bits per heavy atom. The third-order valence-electron chi connectivity index (χ3n) is 4.51. The summed E-state index contributed by atoms with van der Waals surface area (Å²) in [5.41, 5.74) is 0.336. The van der Waals surface area contributed by atoms with Crippen LogP contribution in [0.25, 0.3) is 16.6 Å². The van der Waals surface area contributed by atoms with Crippen molar-refractivity contribution in [1.82, 2.24) is 14.9 Å². The number of nitrogens with one attached hydrogen (secondary N) is 1. The number of fused-ring (bicyclic) bond motifs is 1. The number of halogens is 1. The van der Waals surface area contributed by atoms with E-state index in [1.54, 1.807) is 12.1 Å². The van der Waals surface area contributed by atoms with Crippen molar-refractivity contribution in [2.45, 2.75) is 11.7 Å². The van der Waals surface area contributed by atoms with E-state index < -0.39 is 29.0 Å². The van der Waals surface area contributed by atoms with Gasteiger partial charge in [-0.25, -0.2) is 9.37 Å². The second-order valence-corrected chi connectivity index (χ2v) is 7.61. The smallest absolute Gasteiger partial charge is 0.266 e. The van der Waals surface area contributed by atoms with Gasteiger partial charge in [0.25, 0.3) is 11.5 Å². The van der Waals surface area contributed by atoms with Gasteiger partial charge in [-0.05, 0) is 54.6 Å². The Morgan fingerprint density at radius 1 is 1.16 bits per heavy atom. The number of carboxylic acid groups (broad SMARTS) is 1.